The highest BCUT2D eigenvalue weighted by Gasteiger charge is 2.28. The van der Waals surface area contributed by atoms with Gasteiger partial charge in [0.25, 0.3) is 0 Å². The number of nitrogens with one attached hydrogen (secondary N) is 1. The third kappa shape index (κ3) is 5.71. The van der Waals surface area contributed by atoms with E-state index in [2.05, 4.69) is 5.32 Å². The van der Waals surface area contributed by atoms with Gasteiger partial charge >= 0.3 is 6.18 Å². The molecule has 0 aliphatic heterocycles. The SMILES string of the molecule is CNCC(COCC(F)(F)F)c1cccc(Cl)c1. The summed E-state index contributed by atoms with van der Waals surface area (Å²) in [5, 5.41) is 3.49. The summed E-state index contributed by atoms with van der Waals surface area (Å²) in [6.07, 6.45) is -4.29. The first-order valence-electron chi connectivity index (χ1n) is 5.47. The molecule has 1 atom stereocenters. The van der Waals surface area contributed by atoms with Crippen molar-refractivity contribution in [1.82, 2.24) is 5.32 Å². The number of ether oxygens (including phenoxy) is 1. The van der Waals surface area contributed by atoms with Gasteiger partial charge in [-0.1, -0.05) is 23.7 Å². The van der Waals surface area contributed by atoms with Crippen LogP contribution in [0.4, 0.5) is 13.2 Å². The minimum Gasteiger partial charge on any atom is -0.371 e. The summed E-state index contributed by atoms with van der Waals surface area (Å²) >= 11 is 5.85. The minimum absolute atomic E-state index is 0.000687. The molecule has 102 valence electrons. The first kappa shape index (κ1) is 15.3. The zero-order chi connectivity index (χ0) is 13.6. The van der Waals surface area contributed by atoms with Gasteiger partial charge in [0.1, 0.15) is 6.61 Å². The van der Waals surface area contributed by atoms with E-state index >= 15 is 0 Å². The molecule has 6 heteroatoms. The van der Waals surface area contributed by atoms with E-state index in [4.69, 9.17) is 16.3 Å². The molecule has 1 aromatic rings. The number of benzene rings is 1. The summed E-state index contributed by atoms with van der Waals surface area (Å²) in [7, 11) is 1.74. The molecule has 0 saturated carbocycles. The monoisotopic (exact) mass is 281 g/mol. The zero-order valence-electron chi connectivity index (χ0n) is 9.93. The van der Waals surface area contributed by atoms with E-state index in [1.165, 1.54) is 0 Å². The van der Waals surface area contributed by atoms with Gasteiger partial charge < -0.3 is 10.1 Å². The third-order valence-electron chi connectivity index (χ3n) is 2.36. The van der Waals surface area contributed by atoms with Crippen molar-refractivity contribution in [1.29, 1.82) is 0 Å². The number of alkyl halides is 3. The number of hydrogen-bond donors (Lipinski definition) is 1. The lowest BCUT2D eigenvalue weighted by molar-refractivity contribution is -0.174. The lowest BCUT2D eigenvalue weighted by Gasteiger charge is -2.18. The maximum Gasteiger partial charge on any atom is 0.411 e. The van der Waals surface area contributed by atoms with Crippen LogP contribution in [0, 0.1) is 0 Å². The Morgan fingerprint density at radius 2 is 2.11 bits per heavy atom. The van der Waals surface area contributed by atoms with E-state index in [-0.39, 0.29) is 12.5 Å². The molecule has 0 amide bonds. The lowest BCUT2D eigenvalue weighted by Crippen LogP contribution is -2.25. The summed E-state index contributed by atoms with van der Waals surface area (Å²) in [5.41, 5.74) is 0.860. The van der Waals surface area contributed by atoms with Crippen molar-refractivity contribution in [2.45, 2.75) is 12.1 Å². The second-order valence-corrected chi connectivity index (χ2v) is 4.38. The molecule has 0 saturated heterocycles. The quantitative estimate of drug-likeness (QED) is 0.864. The molecule has 1 N–H and O–H groups in total. The standard InChI is InChI=1S/C12H15ClF3NO/c1-17-6-10(7-18-8-12(14,15)16)9-3-2-4-11(13)5-9/h2-5,10,17H,6-8H2,1H3. The van der Waals surface area contributed by atoms with E-state index in [1.807, 2.05) is 6.07 Å². The summed E-state index contributed by atoms with van der Waals surface area (Å²) < 4.78 is 40.7. The highest BCUT2D eigenvalue weighted by molar-refractivity contribution is 6.30. The summed E-state index contributed by atoms with van der Waals surface area (Å²) in [4.78, 5) is 0. The van der Waals surface area contributed by atoms with Crippen LogP contribution in [-0.4, -0.2) is 33.0 Å². The van der Waals surface area contributed by atoms with Crippen LogP contribution in [0.15, 0.2) is 24.3 Å². The van der Waals surface area contributed by atoms with Gasteiger partial charge in [-0.05, 0) is 24.7 Å². The number of likely N-dealkylation sites (N-methyl/N-ethyl adjacent to an activating group) is 1. The fourth-order valence-corrected chi connectivity index (χ4v) is 1.80. The number of hydrogen-bond acceptors (Lipinski definition) is 2. The Balaban J connectivity index is 2.60. The van der Waals surface area contributed by atoms with Crippen LogP contribution in [0.25, 0.3) is 0 Å². The van der Waals surface area contributed by atoms with E-state index in [9.17, 15) is 13.2 Å². The second kappa shape index (κ2) is 6.97. The molecule has 0 aliphatic rings. The van der Waals surface area contributed by atoms with Crippen molar-refractivity contribution >= 4 is 11.6 Å². The average Bonchev–Trinajstić information content (AvgIpc) is 2.26. The predicted octanol–water partition coefficient (Wildman–Crippen LogP) is 3.22. The molecule has 0 radical (unpaired) electrons. The van der Waals surface area contributed by atoms with Gasteiger partial charge in [-0.15, -0.1) is 0 Å². The Kier molecular flexibility index (Phi) is 5.91. The molecular formula is C12H15ClF3NO. The van der Waals surface area contributed by atoms with Gasteiger partial charge in [-0.2, -0.15) is 13.2 Å². The highest BCUT2D eigenvalue weighted by Crippen LogP contribution is 2.21. The molecule has 0 aliphatic carbocycles. The van der Waals surface area contributed by atoms with Gasteiger partial charge in [0.05, 0.1) is 6.61 Å². The first-order valence-corrected chi connectivity index (χ1v) is 5.84. The van der Waals surface area contributed by atoms with Crippen LogP contribution in [0.1, 0.15) is 11.5 Å². The Morgan fingerprint density at radius 1 is 1.39 bits per heavy atom. The predicted molar refractivity (Wildman–Crippen MR) is 65.0 cm³/mol. The topological polar surface area (TPSA) is 21.3 Å². The molecule has 18 heavy (non-hydrogen) atoms. The van der Waals surface area contributed by atoms with Crippen molar-refractivity contribution in [2.75, 3.05) is 26.8 Å². The lowest BCUT2D eigenvalue weighted by atomic mass is 10.00. The molecular weight excluding hydrogens is 267 g/mol. The van der Waals surface area contributed by atoms with Crippen LogP contribution in [0.5, 0.6) is 0 Å². The average molecular weight is 282 g/mol. The van der Waals surface area contributed by atoms with Gasteiger partial charge in [-0.3, -0.25) is 0 Å². The number of rotatable bonds is 6. The maximum atomic E-state index is 12.0. The van der Waals surface area contributed by atoms with Gasteiger partial charge in [0, 0.05) is 17.5 Å². The van der Waals surface area contributed by atoms with Gasteiger partial charge in [0.2, 0.25) is 0 Å². The first-order chi connectivity index (χ1) is 8.42. The highest BCUT2D eigenvalue weighted by atomic mass is 35.5. The van der Waals surface area contributed by atoms with Crippen molar-refractivity contribution in [3.8, 4) is 0 Å². The molecule has 1 aromatic carbocycles. The van der Waals surface area contributed by atoms with Crippen LogP contribution in [0.2, 0.25) is 5.02 Å². The van der Waals surface area contributed by atoms with E-state index < -0.39 is 12.8 Å². The van der Waals surface area contributed by atoms with Crippen molar-refractivity contribution in [3.05, 3.63) is 34.9 Å². The smallest absolute Gasteiger partial charge is 0.371 e. The van der Waals surface area contributed by atoms with E-state index in [0.29, 0.717) is 11.6 Å². The van der Waals surface area contributed by atoms with Crippen LogP contribution < -0.4 is 5.32 Å². The van der Waals surface area contributed by atoms with Crippen LogP contribution in [0.3, 0.4) is 0 Å². The van der Waals surface area contributed by atoms with Crippen LogP contribution >= 0.6 is 11.6 Å². The van der Waals surface area contributed by atoms with Gasteiger partial charge in [-0.25, -0.2) is 0 Å². The molecule has 0 bridgehead atoms. The molecule has 0 heterocycles. The molecule has 2 nitrogen and oxygen atoms in total. The van der Waals surface area contributed by atoms with Crippen molar-refractivity contribution in [3.63, 3.8) is 0 Å². The van der Waals surface area contributed by atoms with Crippen LogP contribution in [-0.2, 0) is 4.74 Å². The fraction of sp³-hybridized carbons (Fsp3) is 0.500. The molecule has 1 rings (SSSR count). The van der Waals surface area contributed by atoms with Crippen molar-refractivity contribution in [2.24, 2.45) is 0 Å². The van der Waals surface area contributed by atoms with E-state index in [1.54, 1.807) is 25.2 Å². The molecule has 0 spiro atoms. The summed E-state index contributed by atoms with van der Waals surface area (Å²) in [6, 6.07) is 7.05. The number of halogens is 4. The molecule has 0 aromatic heterocycles. The van der Waals surface area contributed by atoms with E-state index in [0.717, 1.165) is 5.56 Å². The Labute approximate surface area is 109 Å². The Morgan fingerprint density at radius 3 is 2.67 bits per heavy atom. The largest absolute Gasteiger partial charge is 0.411 e. The zero-order valence-corrected chi connectivity index (χ0v) is 10.7. The maximum absolute atomic E-state index is 12.0. The van der Waals surface area contributed by atoms with Gasteiger partial charge in [0.15, 0.2) is 0 Å². The fourth-order valence-electron chi connectivity index (χ4n) is 1.60. The normalized spacial score (nSPS) is 13.6. The second-order valence-electron chi connectivity index (χ2n) is 3.94. The Bertz CT molecular complexity index is 371. The summed E-state index contributed by atoms with van der Waals surface area (Å²) in [6.45, 7) is -0.702. The summed E-state index contributed by atoms with van der Waals surface area (Å²) in [5.74, 6) is -0.156. The van der Waals surface area contributed by atoms with Crippen molar-refractivity contribution < 1.29 is 17.9 Å². The Hall–Kier alpha value is -0.780. The molecule has 0 fully saturated rings. The minimum atomic E-state index is -4.29. The molecule has 1 unspecified atom stereocenters. The third-order valence-corrected chi connectivity index (χ3v) is 2.59.